The van der Waals surface area contributed by atoms with Gasteiger partial charge in [0, 0.05) is 55.1 Å². The van der Waals surface area contributed by atoms with Crippen LogP contribution in [0.25, 0.3) is 11.3 Å². The maximum absolute atomic E-state index is 11.8. The number of benzene rings is 1. The third kappa shape index (κ3) is 7.48. The number of nitrogens with one attached hydrogen (secondary N) is 2. The first-order valence-electron chi connectivity index (χ1n) is 10.5. The SMILES string of the molecule is CC(C)(C)OC(=O)NCCNc1ncc(CN2CCOCC2)c(-c2ccc(Cl)cc2Cl)n1. The summed E-state index contributed by atoms with van der Waals surface area (Å²) in [6, 6.07) is 5.36. The maximum Gasteiger partial charge on any atom is 0.407 e. The molecular weight excluding hydrogens is 453 g/mol. The molecule has 0 unspecified atom stereocenters. The molecule has 1 aromatic heterocycles. The van der Waals surface area contributed by atoms with Crippen LogP contribution in [0.1, 0.15) is 26.3 Å². The second-order valence-electron chi connectivity index (χ2n) is 8.44. The van der Waals surface area contributed by atoms with Crippen molar-refractivity contribution in [3.63, 3.8) is 0 Å². The highest BCUT2D eigenvalue weighted by atomic mass is 35.5. The fraction of sp³-hybridized carbons (Fsp3) is 0.500. The van der Waals surface area contributed by atoms with E-state index >= 15 is 0 Å². The van der Waals surface area contributed by atoms with E-state index in [1.807, 2.05) is 33.0 Å². The molecule has 2 heterocycles. The van der Waals surface area contributed by atoms with E-state index in [-0.39, 0.29) is 0 Å². The fourth-order valence-electron chi connectivity index (χ4n) is 3.18. The number of amides is 1. The summed E-state index contributed by atoms with van der Waals surface area (Å²) < 4.78 is 10.7. The van der Waals surface area contributed by atoms with Gasteiger partial charge in [0.25, 0.3) is 0 Å². The topological polar surface area (TPSA) is 88.6 Å². The minimum atomic E-state index is -0.538. The largest absolute Gasteiger partial charge is 0.444 e. The lowest BCUT2D eigenvalue weighted by atomic mass is 10.1. The Balaban J connectivity index is 1.71. The fourth-order valence-corrected chi connectivity index (χ4v) is 3.67. The molecule has 0 bridgehead atoms. The Bertz CT molecular complexity index is 930. The molecule has 2 aromatic rings. The van der Waals surface area contributed by atoms with Gasteiger partial charge in [0.1, 0.15) is 5.60 Å². The lowest BCUT2D eigenvalue weighted by Gasteiger charge is -2.27. The van der Waals surface area contributed by atoms with Crippen molar-refractivity contribution in [2.45, 2.75) is 32.9 Å². The molecular formula is C22H29Cl2N5O3. The van der Waals surface area contributed by atoms with Gasteiger partial charge in [-0.2, -0.15) is 0 Å². The summed E-state index contributed by atoms with van der Waals surface area (Å²) in [5.41, 5.74) is 1.96. The average molecular weight is 482 g/mol. The van der Waals surface area contributed by atoms with E-state index in [1.165, 1.54) is 0 Å². The normalized spacial score (nSPS) is 14.8. The minimum absolute atomic E-state index is 0.366. The molecule has 32 heavy (non-hydrogen) atoms. The zero-order valence-electron chi connectivity index (χ0n) is 18.6. The van der Waals surface area contributed by atoms with Crippen LogP contribution in [0.5, 0.6) is 0 Å². The predicted octanol–water partition coefficient (Wildman–Crippen LogP) is 4.22. The average Bonchev–Trinajstić information content (AvgIpc) is 2.72. The van der Waals surface area contributed by atoms with Gasteiger partial charge in [-0.1, -0.05) is 23.2 Å². The molecule has 1 fully saturated rings. The van der Waals surface area contributed by atoms with Crippen LogP contribution >= 0.6 is 23.2 Å². The Morgan fingerprint density at radius 1 is 1.22 bits per heavy atom. The van der Waals surface area contributed by atoms with Crippen molar-refractivity contribution in [2.75, 3.05) is 44.7 Å². The van der Waals surface area contributed by atoms with E-state index in [0.29, 0.717) is 48.8 Å². The summed E-state index contributed by atoms with van der Waals surface area (Å²) >= 11 is 12.6. The second-order valence-corrected chi connectivity index (χ2v) is 9.28. The van der Waals surface area contributed by atoms with Crippen LogP contribution in [-0.4, -0.2) is 66.0 Å². The minimum Gasteiger partial charge on any atom is -0.444 e. The van der Waals surface area contributed by atoms with Crippen LogP contribution in [0, 0.1) is 0 Å². The molecule has 1 aliphatic heterocycles. The highest BCUT2D eigenvalue weighted by molar-refractivity contribution is 6.36. The van der Waals surface area contributed by atoms with Gasteiger partial charge in [-0.25, -0.2) is 14.8 Å². The number of nitrogens with zero attached hydrogens (tertiary/aromatic N) is 3. The zero-order valence-corrected chi connectivity index (χ0v) is 20.1. The van der Waals surface area contributed by atoms with Crippen molar-refractivity contribution in [2.24, 2.45) is 0 Å². The number of alkyl carbamates (subject to hydrolysis) is 1. The van der Waals surface area contributed by atoms with E-state index in [0.717, 1.165) is 29.9 Å². The van der Waals surface area contributed by atoms with Gasteiger partial charge in [-0.05, 0) is 39.0 Å². The number of aromatic nitrogens is 2. The van der Waals surface area contributed by atoms with E-state index in [9.17, 15) is 4.79 Å². The molecule has 0 spiro atoms. The number of ether oxygens (including phenoxy) is 2. The Morgan fingerprint density at radius 2 is 1.97 bits per heavy atom. The lowest BCUT2D eigenvalue weighted by molar-refractivity contribution is 0.0342. The number of carbonyl (C=O) groups is 1. The molecule has 1 aliphatic rings. The molecule has 10 heteroatoms. The first-order valence-corrected chi connectivity index (χ1v) is 11.3. The van der Waals surface area contributed by atoms with Gasteiger partial charge in [-0.3, -0.25) is 4.90 Å². The Morgan fingerprint density at radius 3 is 2.66 bits per heavy atom. The molecule has 2 N–H and O–H groups in total. The van der Waals surface area contributed by atoms with Crippen molar-refractivity contribution in [1.29, 1.82) is 0 Å². The second kappa shape index (κ2) is 11.1. The van der Waals surface area contributed by atoms with E-state index < -0.39 is 11.7 Å². The highest BCUT2D eigenvalue weighted by Crippen LogP contribution is 2.32. The molecule has 174 valence electrons. The number of hydrogen-bond donors (Lipinski definition) is 2. The Hall–Kier alpha value is -2.13. The molecule has 3 rings (SSSR count). The Labute approximate surface area is 198 Å². The number of morpholine rings is 1. The first kappa shape index (κ1) is 24.5. The molecule has 0 aliphatic carbocycles. The van der Waals surface area contributed by atoms with Crippen LogP contribution in [0.4, 0.5) is 10.7 Å². The Kier molecular flexibility index (Phi) is 8.53. The van der Waals surface area contributed by atoms with Crippen molar-refractivity contribution in [3.05, 3.63) is 40.0 Å². The van der Waals surface area contributed by atoms with E-state index in [4.69, 9.17) is 37.7 Å². The van der Waals surface area contributed by atoms with Gasteiger partial charge in [0.15, 0.2) is 0 Å². The quantitative estimate of drug-likeness (QED) is 0.572. The molecule has 0 saturated carbocycles. The lowest BCUT2D eigenvalue weighted by Crippen LogP contribution is -2.36. The number of hydrogen-bond acceptors (Lipinski definition) is 7. The standard InChI is InChI=1S/C22H29Cl2N5O3/c1-22(2,3)32-21(30)26-7-6-25-20-27-13-15(14-29-8-10-31-11-9-29)19(28-20)17-5-4-16(23)12-18(17)24/h4-5,12-13H,6-11,14H2,1-3H3,(H,26,30)(H,25,27,28). The number of halogens is 2. The van der Waals surface area contributed by atoms with Gasteiger partial charge >= 0.3 is 6.09 Å². The smallest absolute Gasteiger partial charge is 0.407 e. The first-order chi connectivity index (χ1) is 15.2. The summed E-state index contributed by atoms with van der Waals surface area (Å²) in [5, 5.41) is 6.93. The number of rotatable bonds is 7. The van der Waals surface area contributed by atoms with Gasteiger partial charge in [0.2, 0.25) is 5.95 Å². The molecule has 8 nitrogen and oxygen atoms in total. The van der Waals surface area contributed by atoms with Crippen LogP contribution in [0.15, 0.2) is 24.4 Å². The predicted molar refractivity (Wildman–Crippen MR) is 126 cm³/mol. The van der Waals surface area contributed by atoms with Crippen LogP contribution in [-0.2, 0) is 16.0 Å². The highest BCUT2D eigenvalue weighted by Gasteiger charge is 2.18. The van der Waals surface area contributed by atoms with Gasteiger partial charge in [-0.15, -0.1) is 0 Å². The summed E-state index contributed by atoms with van der Waals surface area (Å²) in [7, 11) is 0. The van der Waals surface area contributed by atoms with Crippen molar-refractivity contribution in [3.8, 4) is 11.3 Å². The molecule has 0 radical (unpaired) electrons. The van der Waals surface area contributed by atoms with Crippen molar-refractivity contribution >= 4 is 35.2 Å². The molecule has 1 aromatic carbocycles. The molecule has 0 atom stereocenters. The third-order valence-electron chi connectivity index (χ3n) is 4.62. The summed E-state index contributed by atoms with van der Waals surface area (Å²) in [5.74, 6) is 0.447. The van der Waals surface area contributed by atoms with Crippen molar-refractivity contribution in [1.82, 2.24) is 20.2 Å². The maximum atomic E-state index is 11.8. The van der Waals surface area contributed by atoms with Crippen molar-refractivity contribution < 1.29 is 14.3 Å². The molecule has 1 saturated heterocycles. The molecule has 1 amide bonds. The monoisotopic (exact) mass is 481 g/mol. The third-order valence-corrected chi connectivity index (χ3v) is 5.17. The van der Waals surface area contributed by atoms with Crippen LogP contribution in [0.3, 0.4) is 0 Å². The van der Waals surface area contributed by atoms with E-state index in [1.54, 1.807) is 12.1 Å². The van der Waals surface area contributed by atoms with Crippen LogP contribution < -0.4 is 10.6 Å². The van der Waals surface area contributed by atoms with Gasteiger partial charge < -0.3 is 20.1 Å². The summed E-state index contributed by atoms with van der Waals surface area (Å²) in [6.07, 6.45) is 1.35. The van der Waals surface area contributed by atoms with Gasteiger partial charge in [0.05, 0.1) is 23.9 Å². The zero-order chi connectivity index (χ0) is 23.1. The number of carbonyl (C=O) groups excluding carboxylic acids is 1. The number of anilines is 1. The summed E-state index contributed by atoms with van der Waals surface area (Å²) in [6.45, 7) is 10.1. The summed E-state index contributed by atoms with van der Waals surface area (Å²) in [4.78, 5) is 23.3. The van der Waals surface area contributed by atoms with E-state index in [2.05, 4.69) is 20.5 Å². The van der Waals surface area contributed by atoms with Crippen LogP contribution in [0.2, 0.25) is 10.0 Å².